The molecule has 3 rings (SSSR count). The number of aromatic carboxylic acids is 1. The first-order valence-electron chi connectivity index (χ1n) is 5.50. The fourth-order valence-corrected chi connectivity index (χ4v) is 1.90. The Hall–Kier alpha value is -2.62. The van der Waals surface area contributed by atoms with Crippen molar-refractivity contribution in [3.63, 3.8) is 0 Å². The number of fused-ring (bicyclic) bond motifs is 1. The standard InChI is InChI=1S/C14H10N2O2/c17-14(18)11-3-1-10(2-4-11)12-5-6-13-15-7-8-16(13)9-12/h1-9H,(H,17,18). The van der Waals surface area contributed by atoms with Gasteiger partial charge < -0.3 is 9.51 Å². The molecule has 1 N–H and O–H groups in total. The Morgan fingerprint density at radius 2 is 1.78 bits per heavy atom. The maximum absolute atomic E-state index is 10.8. The number of hydrogen-bond acceptors (Lipinski definition) is 2. The van der Waals surface area contributed by atoms with Crippen LogP contribution < -0.4 is 0 Å². The van der Waals surface area contributed by atoms with E-state index < -0.39 is 5.97 Å². The van der Waals surface area contributed by atoms with Crippen molar-refractivity contribution in [3.8, 4) is 11.1 Å². The van der Waals surface area contributed by atoms with E-state index in [1.165, 1.54) is 0 Å². The summed E-state index contributed by atoms with van der Waals surface area (Å²) in [6.45, 7) is 0. The lowest BCUT2D eigenvalue weighted by Gasteiger charge is -2.03. The number of carboxylic acids is 1. The first-order valence-corrected chi connectivity index (χ1v) is 5.50. The molecule has 88 valence electrons. The Labute approximate surface area is 103 Å². The molecule has 2 heterocycles. The zero-order chi connectivity index (χ0) is 12.5. The van der Waals surface area contributed by atoms with Gasteiger partial charge in [0.1, 0.15) is 5.65 Å². The first-order chi connectivity index (χ1) is 8.74. The van der Waals surface area contributed by atoms with E-state index in [1.807, 2.05) is 41.1 Å². The molecule has 0 amide bonds. The van der Waals surface area contributed by atoms with Gasteiger partial charge in [0.25, 0.3) is 0 Å². The van der Waals surface area contributed by atoms with Gasteiger partial charge in [-0.15, -0.1) is 0 Å². The molecule has 3 aromatic rings. The third kappa shape index (κ3) is 1.73. The van der Waals surface area contributed by atoms with Crippen molar-refractivity contribution in [2.45, 2.75) is 0 Å². The van der Waals surface area contributed by atoms with Gasteiger partial charge in [-0.2, -0.15) is 0 Å². The van der Waals surface area contributed by atoms with E-state index >= 15 is 0 Å². The molecular weight excluding hydrogens is 228 g/mol. The van der Waals surface area contributed by atoms with Gasteiger partial charge in [0.15, 0.2) is 0 Å². The zero-order valence-electron chi connectivity index (χ0n) is 9.45. The fraction of sp³-hybridized carbons (Fsp3) is 0. The van der Waals surface area contributed by atoms with Gasteiger partial charge >= 0.3 is 5.97 Å². The van der Waals surface area contributed by atoms with Crippen molar-refractivity contribution >= 4 is 11.6 Å². The summed E-state index contributed by atoms with van der Waals surface area (Å²) >= 11 is 0. The lowest BCUT2D eigenvalue weighted by atomic mass is 10.1. The summed E-state index contributed by atoms with van der Waals surface area (Å²) in [7, 11) is 0. The number of benzene rings is 1. The summed E-state index contributed by atoms with van der Waals surface area (Å²) in [5.41, 5.74) is 3.19. The molecule has 0 saturated carbocycles. The largest absolute Gasteiger partial charge is 0.478 e. The number of pyridine rings is 1. The molecule has 18 heavy (non-hydrogen) atoms. The quantitative estimate of drug-likeness (QED) is 0.746. The Morgan fingerprint density at radius 3 is 2.50 bits per heavy atom. The molecule has 0 aliphatic rings. The summed E-state index contributed by atoms with van der Waals surface area (Å²) in [5.74, 6) is -0.911. The van der Waals surface area contributed by atoms with E-state index in [0.717, 1.165) is 16.8 Å². The van der Waals surface area contributed by atoms with Crippen molar-refractivity contribution in [1.29, 1.82) is 0 Å². The number of hydrogen-bond donors (Lipinski definition) is 1. The zero-order valence-corrected chi connectivity index (χ0v) is 9.45. The number of carbonyl (C=O) groups is 1. The average Bonchev–Trinajstić information content (AvgIpc) is 2.86. The smallest absolute Gasteiger partial charge is 0.335 e. The Morgan fingerprint density at radius 1 is 1.06 bits per heavy atom. The van der Waals surface area contributed by atoms with Gasteiger partial charge in [0.2, 0.25) is 0 Å². The van der Waals surface area contributed by atoms with Gasteiger partial charge in [-0.05, 0) is 35.4 Å². The van der Waals surface area contributed by atoms with E-state index in [-0.39, 0.29) is 0 Å². The summed E-state index contributed by atoms with van der Waals surface area (Å²) in [6, 6.07) is 10.7. The van der Waals surface area contributed by atoms with Crippen molar-refractivity contribution in [3.05, 3.63) is 60.6 Å². The number of rotatable bonds is 2. The molecule has 0 unspecified atom stereocenters. The highest BCUT2D eigenvalue weighted by Gasteiger charge is 2.04. The highest BCUT2D eigenvalue weighted by atomic mass is 16.4. The maximum Gasteiger partial charge on any atom is 0.335 e. The summed E-state index contributed by atoms with van der Waals surface area (Å²) in [5, 5.41) is 8.85. The number of aromatic nitrogens is 2. The number of nitrogens with zero attached hydrogens (tertiary/aromatic N) is 2. The van der Waals surface area contributed by atoms with Crippen molar-refractivity contribution in [2.24, 2.45) is 0 Å². The molecule has 0 bridgehead atoms. The van der Waals surface area contributed by atoms with E-state index in [1.54, 1.807) is 18.3 Å². The minimum absolute atomic E-state index is 0.294. The third-order valence-electron chi connectivity index (χ3n) is 2.85. The third-order valence-corrected chi connectivity index (χ3v) is 2.85. The van der Waals surface area contributed by atoms with Gasteiger partial charge in [0, 0.05) is 18.6 Å². The first kappa shape index (κ1) is 10.5. The second-order valence-electron chi connectivity index (χ2n) is 3.99. The molecule has 0 saturated heterocycles. The van der Waals surface area contributed by atoms with Crippen LogP contribution in [-0.4, -0.2) is 20.5 Å². The lowest BCUT2D eigenvalue weighted by molar-refractivity contribution is 0.0697. The molecule has 4 heteroatoms. The molecule has 0 spiro atoms. The normalized spacial score (nSPS) is 10.7. The predicted molar refractivity (Wildman–Crippen MR) is 67.6 cm³/mol. The van der Waals surface area contributed by atoms with E-state index in [9.17, 15) is 4.79 Å². The molecule has 0 aliphatic heterocycles. The van der Waals surface area contributed by atoms with Gasteiger partial charge in [-0.3, -0.25) is 0 Å². The van der Waals surface area contributed by atoms with E-state index in [0.29, 0.717) is 5.56 Å². The number of carboxylic acid groups (broad SMARTS) is 1. The molecule has 1 aromatic carbocycles. The minimum atomic E-state index is -0.911. The summed E-state index contributed by atoms with van der Waals surface area (Å²) in [6.07, 6.45) is 5.59. The molecule has 0 aliphatic carbocycles. The van der Waals surface area contributed by atoms with Crippen LogP contribution in [0.15, 0.2) is 55.0 Å². The fourth-order valence-electron chi connectivity index (χ4n) is 1.90. The average molecular weight is 238 g/mol. The summed E-state index contributed by atoms with van der Waals surface area (Å²) < 4.78 is 1.93. The van der Waals surface area contributed by atoms with Crippen molar-refractivity contribution in [2.75, 3.05) is 0 Å². The van der Waals surface area contributed by atoms with Crippen LogP contribution in [0.1, 0.15) is 10.4 Å². The Balaban J connectivity index is 2.05. The van der Waals surface area contributed by atoms with Gasteiger partial charge in [-0.25, -0.2) is 9.78 Å². The second-order valence-corrected chi connectivity index (χ2v) is 3.99. The molecule has 0 atom stereocenters. The van der Waals surface area contributed by atoms with Gasteiger partial charge in [-0.1, -0.05) is 12.1 Å². The van der Waals surface area contributed by atoms with Crippen LogP contribution in [0.4, 0.5) is 0 Å². The minimum Gasteiger partial charge on any atom is -0.478 e. The summed E-state index contributed by atoms with van der Waals surface area (Å²) in [4.78, 5) is 15.0. The maximum atomic E-state index is 10.8. The second kappa shape index (κ2) is 4.00. The molecule has 2 aromatic heterocycles. The molecular formula is C14H10N2O2. The van der Waals surface area contributed by atoms with Crippen LogP contribution in [0.25, 0.3) is 16.8 Å². The van der Waals surface area contributed by atoms with Crippen LogP contribution in [0.2, 0.25) is 0 Å². The van der Waals surface area contributed by atoms with Crippen LogP contribution in [-0.2, 0) is 0 Å². The van der Waals surface area contributed by atoms with Crippen LogP contribution >= 0.6 is 0 Å². The number of imidazole rings is 1. The van der Waals surface area contributed by atoms with E-state index in [4.69, 9.17) is 5.11 Å². The molecule has 0 radical (unpaired) electrons. The highest BCUT2D eigenvalue weighted by molar-refractivity contribution is 5.88. The predicted octanol–water partition coefficient (Wildman–Crippen LogP) is 2.70. The molecule has 4 nitrogen and oxygen atoms in total. The van der Waals surface area contributed by atoms with Crippen LogP contribution in [0.5, 0.6) is 0 Å². The monoisotopic (exact) mass is 238 g/mol. The van der Waals surface area contributed by atoms with Crippen LogP contribution in [0, 0.1) is 0 Å². The molecule has 0 fully saturated rings. The lowest BCUT2D eigenvalue weighted by Crippen LogP contribution is -1.95. The van der Waals surface area contributed by atoms with Gasteiger partial charge in [0.05, 0.1) is 5.56 Å². The van der Waals surface area contributed by atoms with Crippen molar-refractivity contribution in [1.82, 2.24) is 9.38 Å². The van der Waals surface area contributed by atoms with E-state index in [2.05, 4.69) is 4.98 Å². The Kier molecular flexibility index (Phi) is 2.34. The Bertz CT molecular complexity index is 714. The highest BCUT2D eigenvalue weighted by Crippen LogP contribution is 2.20. The SMILES string of the molecule is O=C(O)c1ccc(-c2ccc3nccn3c2)cc1. The van der Waals surface area contributed by atoms with Crippen molar-refractivity contribution < 1.29 is 9.90 Å². The van der Waals surface area contributed by atoms with Crippen LogP contribution in [0.3, 0.4) is 0 Å². The topological polar surface area (TPSA) is 54.6 Å².